The highest BCUT2D eigenvalue weighted by Gasteiger charge is 2.67. The number of carbonyl (C=O) groups excluding carboxylic acids is 1. The summed E-state index contributed by atoms with van der Waals surface area (Å²) >= 11 is 5.98. The van der Waals surface area contributed by atoms with E-state index in [1.54, 1.807) is 29.2 Å². The second-order valence-corrected chi connectivity index (χ2v) is 8.22. The van der Waals surface area contributed by atoms with Crippen LogP contribution in [0.5, 0.6) is 0 Å². The van der Waals surface area contributed by atoms with Crippen LogP contribution in [-0.4, -0.2) is 17.0 Å². The minimum atomic E-state index is -1.00. The largest absolute Gasteiger partial charge is 0.478 e. The molecule has 1 fully saturated rings. The third-order valence-electron chi connectivity index (χ3n) is 6.12. The SMILES string of the molecule is O=C(O)c1cccc(CN2C(=O)C3(CC3c3ccc(F)c(Cl)c3)c3ccccc32)c1. The fourth-order valence-electron chi connectivity index (χ4n) is 4.62. The number of carbonyl (C=O) groups is 2. The molecule has 1 aliphatic heterocycles. The van der Waals surface area contributed by atoms with Crippen LogP contribution in [0.3, 0.4) is 0 Å². The molecule has 1 heterocycles. The lowest BCUT2D eigenvalue weighted by Gasteiger charge is -2.19. The van der Waals surface area contributed by atoms with Gasteiger partial charge < -0.3 is 10.0 Å². The summed E-state index contributed by atoms with van der Waals surface area (Å²) in [6.07, 6.45) is 0.635. The van der Waals surface area contributed by atoms with Gasteiger partial charge in [0.1, 0.15) is 5.82 Å². The molecule has 1 spiro atoms. The molecule has 0 bridgehead atoms. The predicted molar refractivity (Wildman–Crippen MR) is 111 cm³/mol. The Morgan fingerprint density at radius 2 is 1.93 bits per heavy atom. The molecule has 0 aromatic heterocycles. The van der Waals surface area contributed by atoms with Gasteiger partial charge in [-0.15, -0.1) is 0 Å². The Morgan fingerprint density at radius 1 is 1.13 bits per heavy atom. The number of hydrogen-bond acceptors (Lipinski definition) is 2. The van der Waals surface area contributed by atoms with Gasteiger partial charge in [-0.25, -0.2) is 9.18 Å². The topological polar surface area (TPSA) is 57.6 Å². The highest BCUT2D eigenvalue weighted by Crippen LogP contribution is 2.66. The zero-order valence-corrected chi connectivity index (χ0v) is 16.6. The molecular formula is C24H17ClFNO3. The molecule has 1 amide bonds. The molecule has 6 heteroatoms. The monoisotopic (exact) mass is 421 g/mol. The molecule has 30 heavy (non-hydrogen) atoms. The summed E-state index contributed by atoms with van der Waals surface area (Å²) in [5.74, 6) is -1.57. The number of anilines is 1. The molecule has 4 nitrogen and oxygen atoms in total. The first-order valence-electron chi connectivity index (χ1n) is 9.60. The van der Waals surface area contributed by atoms with Crippen LogP contribution >= 0.6 is 11.6 Å². The maximum absolute atomic E-state index is 13.6. The Balaban J connectivity index is 1.52. The molecule has 5 rings (SSSR count). The Labute approximate surface area is 177 Å². The average Bonchev–Trinajstić information content (AvgIpc) is 3.46. The van der Waals surface area contributed by atoms with E-state index in [1.807, 2.05) is 30.3 Å². The summed E-state index contributed by atoms with van der Waals surface area (Å²) in [6, 6.07) is 18.9. The normalized spacial score (nSPS) is 21.7. The highest BCUT2D eigenvalue weighted by molar-refractivity contribution is 6.30. The third-order valence-corrected chi connectivity index (χ3v) is 6.41. The Kier molecular flexibility index (Phi) is 4.19. The maximum atomic E-state index is 13.6. The Hall–Kier alpha value is -3.18. The average molecular weight is 422 g/mol. The van der Waals surface area contributed by atoms with Crippen molar-refractivity contribution in [3.05, 3.63) is 99.8 Å². The van der Waals surface area contributed by atoms with Gasteiger partial charge in [0, 0.05) is 11.6 Å². The van der Waals surface area contributed by atoms with Crippen LogP contribution in [0, 0.1) is 5.82 Å². The van der Waals surface area contributed by atoms with Crippen molar-refractivity contribution in [2.24, 2.45) is 0 Å². The van der Waals surface area contributed by atoms with E-state index in [4.69, 9.17) is 11.6 Å². The minimum absolute atomic E-state index is 0.0186. The third kappa shape index (κ3) is 2.73. The van der Waals surface area contributed by atoms with Crippen LogP contribution in [0.2, 0.25) is 5.02 Å². The van der Waals surface area contributed by atoms with Gasteiger partial charge in [-0.3, -0.25) is 4.79 Å². The number of benzene rings is 3. The molecule has 1 N–H and O–H groups in total. The number of carboxylic acid groups (broad SMARTS) is 1. The quantitative estimate of drug-likeness (QED) is 0.633. The molecule has 0 radical (unpaired) electrons. The van der Waals surface area contributed by atoms with Crippen LogP contribution in [0.1, 0.15) is 39.4 Å². The number of carboxylic acids is 1. The maximum Gasteiger partial charge on any atom is 0.335 e. The molecule has 2 atom stereocenters. The molecular weight excluding hydrogens is 405 g/mol. The lowest BCUT2D eigenvalue weighted by Crippen LogP contribution is -2.32. The van der Waals surface area contributed by atoms with Crippen molar-refractivity contribution >= 4 is 29.2 Å². The van der Waals surface area contributed by atoms with Crippen molar-refractivity contribution in [3.63, 3.8) is 0 Å². The first kappa shape index (κ1) is 18.8. The number of para-hydroxylation sites is 1. The number of fused-ring (bicyclic) bond motifs is 2. The number of rotatable bonds is 4. The van der Waals surface area contributed by atoms with Gasteiger partial charge in [-0.05, 0) is 53.4 Å². The Bertz CT molecular complexity index is 1210. The summed E-state index contributed by atoms with van der Waals surface area (Å²) in [5.41, 5.74) is 2.89. The van der Waals surface area contributed by atoms with E-state index in [9.17, 15) is 19.1 Å². The number of hydrogen-bond donors (Lipinski definition) is 1. The smallest absolute Gasteiger partial charge is 0.335 e. The fraction of sp³-hybridized carbons (Fsp3) is 0.167. The summed E-state index contributed by atoms with van der Waals surface area (Å²) in [6.45, 7) is 0.287. The van der Waals surface area contributed by atoms with Gasteiger partial charge in [0.05, 0.1) is 22.5 Å². The van der Waals surface area contributed by atoms with Crippen LogP contribution < -0.4 is 4.90 Å². The van der Waals surface area contributed by atoms with Crippen molar-refractivity contribution in [1.29, 1.82) is 0 Å². The summed E-state index contributed by atoms with van der Waals surface area (Å²) in [5, 5.41) is 9.31. The van der Waals surface area contributed by atoms with Crippen molar-refractivity contribution < 1.29 is 19.1 Å². The van der Waals surface area contributed by atoms with Crippen molar-refractivity contribution in [1.82, 2.24) is 0 Å². The van der Waals surface area contributed by atoms with Gasteiger partial charge in [0.15, 0.2) is 0 Å². The standard InChI is InChI=1S/C24H17ClFNO3/c25-19-11-15(8-9-20(19)26)18-12-24(18)17-6-1-2-7-21(17)27(23(24)30)13-14-4-3-5-16(10-14)22(28)29/h1-11,18H,12-13H2,(H,28,29). The first-order valence-corrected chi connectivity index (χ1v) is 9.98. The number of amides is 1. The van der Waals surface area contributed by atoms with Crippen LogP contribution in [0.25, 0.3) is 0 Å². The summed E-state index contributed by atoms with van der Waals surface area (Å²) in [4.78, 5) is 26.6. The van der Waals surface area contributed by atoms with Gasteiger partial charge >= 0.3 is 5.97 Å². The molecule has 2 aliphatic rings. The van der Waals surface area contributed by atoms with Crippen LogP contribution in [0.15, 0.2) is 66.7 Å². The number of aromatic carboxylic acids is 1. The van der Waals surface area contributed by atoms with Gasteiger partial charge in [0.2, 0.25) is 5.91 Å². The van der Waals surface area contributed by atoms with Crippen molar-refractivity contribution in [2.75, 3.05) is 4.90 Å². The van der Waals surface area contributed by atoms with Crippen molar-refractivity contribution in [2.45, 2.75) is 24.3 Å². The number of nitrogens with zero attached hydrogens (tertiary/aromatic N) is 1. The molecule has 3 aromatic rings. The minimum Gasteiger partial charge on any atom is -0.478 e. The molecule has 2 unspecified atom stereocenters. The van der Waals surface area contributed by atoms with Gasteiger partial charge in [-0.2, -0.15) is 0 Å². The zero-order chi connectivity index (χ0) is 21.0. The van der Waals surface area contributed by atoms with E-state index in [1.165, 1.54) is 12.1 Å². The molecule has 150 valence electrons. The Morgan fingerprint density at radius 3 is 2.70 bits per heavy atom. The van der Waals surface area contributed by atoms with Crippen LogP contribution in [0.4, 0.5) is 10.1 Å². The van der Waals surface area contributed by atoms with Crippen LogP contribution in [-0.2, 0) is 16.8 Å². The second kappa shape index (κ2) is 6.67. The van der Waals surface area contributed by atoms with E-state index >= 15 is 0 Å². The van der Waals surface area contributed by atoms with Crippen molar-refractivity contribution in [3.8, 4) is 0 Å². The van der Waals surface area contributed by atoms with E-state index in [0.717, 1.165) is 22.4 Å². The molecule has 1 aliphatic carbocycles. The molecule has 1 saturated carbocycles. The van der Waals surface area contributed by atoms with E-state index in [2.05, 4.69) is 0 Å². The number of halogens is 2. The first-order chi connectivity index (χ1) is 14.4. The summed E-state index contributed by atoms with van der Waals surface area (Å²) in [7, 11) is 0. The van der Waals surface area contributed by atoms with Gasteiger partial charge in [0.25, 0.3) is 0 Å². The fourth-order valence-corrected chi connectivity index (χ4v) is 4.81. The molecule has 0 saturated heterocycles. The predicted octanol–water partition coefficient (Wildman–Crippen LogP) is 5.15. The highest BCUT2D eigenvalue weighted by atomic mass is 35.5. The molecule has 3 aromatic carbocycles. The van der Waals surface area contributed by atoms with Gasteiger partial charge in [-0.1, -0.05) is 48.0 Å². The van der Waals surface area contributed by atoms with E-state index in [0.29, 0.717) is 6.42 Å². The second-order valence-electron chi connectivity index (χ2n) is 7.82. The summed E-state index contributed by atoms with van der Waals surface area (Å²) < 4.78 is 13.6. The zero-order valence-electron chi connectivity index (χ0n) is 15.8. The lowest BCUT2D eigenvalue weighted by atomic mass is 9.92. The van der Waals surface area contributed by atoms with E-state index in [-0.39, 0.29) is 29.0 Å². The lowest BCUT2D eigenvalue weighted by molar-refractivity contribution is -0.120. The van der Waals surface area contributed by atoms with E-state index < -0.39 is 17.2 Å².